The van der Waals surface area contributed by atoms with Crippen LogP contribution in [0.25, 0.3) is 0 Å². The molecular formula is C11H14N4O2S2. The number of anilines is 1. The molecule has 0 radical (unpaired) electrons. The van der Waals surface area contributed by atoms with Gasteiger partial charge >= 0.3 is 0 Å². The minimum atomic E-state index is -3.66. The van der Waals surface area contributed by atoms with E-state index in [9.17, 15) is 8.42 Å². The average molecular weight is 298 g/mol. The standard InChI is InChI=1S/C11H14N4O2S2/c1-2-9-4-3-8(6-12)5-10(9)19(16,17)15-11-14-13-7-18-11/h3-5,7H,2,6,12H2,1H3,(H,14,15). The van der Waals surface area contributed by atoms with Crippen LogP contribution in [0.2, 0.25) is 0 Å². The highest BCUT2D eigenvalue weighted by Crippen LogP contribution is 2.22. The third kappa shape index (κ3) is 3.09. The molecular weight excluding hydrogens is 284 g/mol. The molecule has 0 bridgehead atoms. The molecule has 0 atom stereocenters. The molecule has 0 saturated heterocycles. The second-order valence-electron chi connectivity index (χ2n) is 3.85. The summed E-state index contributed by atoms with van der Waals surface area (Å²) in [7, 11) is -3.66. The van der Waals surface area contributed by atoms with E-state index in [1.54, 1.807) is 12.1 Å². The van der Waals surface area contributed by atoms with Crippen LogP contribution in [0.5, 0.6) is 0 Å². The molecule has 0 amide bonds. The summed E-state index contributed by atoms with van der Waals surface area (Å²) in [5.74, 6) is 0. The molecule has 0 aliphatic heterocycles. The van der Waals surface area contributed by atoms with Crippen molar-refractivity contribution in [2.24, 2.45) is 5.73 Å². The van der Waals surface area contributed by atoms with E-state index >= 15 is 0 Å². The largest absolute Gasteiger partial charge is 0.326 e. The van der Waals surface area contributed by atoms with E-state index in [-0.39, 0.29) is 10.0 Å². The normalized spacial score (nSPS) is 11.5. The lowest BCUT2D eigenvalue weighted by atomic mass is 10.1. The van der Waals surface area contributed by atoms with Gasteiger partial charge in [-0.25, -0.2) is 8.42 Å². The van der Waals surface area contributed by atoms with Crippen LogP contribution < -0.4 is 10.5 Å². The van der Waals surface area contributed by atoms with Crippen LogP contribution in [0.4, 0.5) is 5.13 Å². The molecule has 1 heterocycles. The van der Waals surface area contributed by atoms with Gasteiger partial charge in [0.2, 0.25) is 5.13 Å². The maximum Gasteiger partial charge on any atom is 0.263 e. The van der Waals surface area contributed by atoms with Crippen LogP contribution in [-0.2, 0) is 23.0 Å². The second-order valence-corrected chi connectivity index (χ2v) is 6.33. The van der Waals surface area contributed by atoms with Crippen molar-refractivity contribution < 1.29 is 8.42 Å². The molecule has 19 heavy (non-hydrogen) atoms. The van der Waals surface area contributed by atoms with E-state index in [2.05, 4.69) is 14.9 Å². The van der Waals surface area contributed by atoms with Crippen molar-refractivity contribution in [2.45, 2.75) is 24.8 Å². The highest BCUT2D eigenvalue weighted by atomic mass is 32.2. The van der Waals surface area contributed by atoms with Gasteiger partial charge in [-0.05, 0) is 23.6 Å². The topological polar surface area (TPSA) is 98.0 Å². The summed E-state index contributed by atoms with van der Waals surface area (Å²) in [5.41, 5.74) is 8.54. The van der Waals surface area contributed by atoms with Crippen molar-refractivity contribution in [1.82, 2.24) is 10.2 Å². The Hall–Kier alpha value is -1.51. The highest BCUT2D eigenvalue weighted by molar-refractivity contribution is 7.93. The molecule has 6 nitrogen and oxygen atoms in total. The van der Waals surface area contributed by atoms with Gasteiger partial charge in [-0.1, -0.05) is 30.4 Å². The molecule has 0 aliphatic rings. The maximum absolute atomic E-state index is 12.3. The SMILES string of the molecule is CCc1ccc(CN)cc1S(=O)(=O)Nc1nncs1. The van der Waals surface area contributed by atoms with Crippen LogP contribution in [-0.4, -0.2) is 18.6 Å². The summed E-state index contributed by atoms with van der Waals surface area (Å²) in [6.07, 6.45) is 0.622. The van der Waals surface area contributed by atoms with Gasteiger partial charge in [0.05, 0.1) is 4.90 Å². The molecule has 0 aliphatic carbocycles. The Morgan fingerprint density at radius 3 is 2.79 bits per heavy atom. The monoisotopic (exact) mass is 298 g/mol. The smallest absolute Gasteiger partial charge is 0.263 e. The average Bonchev–Trinajstić information content (AvgIpc) is 2.90. The lowest BCUT2D eigenvalue weighted by molar-refractivity contribution is 0.600. The number of aryl methyl sites for hydroxylation is 1. The molecule has 0 spiro atoms. The Balaban J connectivity index is 2.43. The number of rotatable bonds is 5. The van der Waals surface area contributed by atoms with Gasteiger partial charge in [-0.2, -0.15) is 0 Å². The summed E-state index contributed by atoms with van der Waals surface area (Å²) < 4.78 is 27.1. The van der Waals surface area contributed by atoms with E-state index in [1.165, 1.54) is 5.51 Å². The van der Waals surface area contributed by atoms with Crippen LogP contribution in [0.15, 0.2) is 28.6 Å². The molecule has 8 heteroatoms. The zero-order chi connectivity index (χ0) is 13.9. The van der Waals surface area contributed by atoms with Crippen LogP contribution in [0, 0.1) is 0 Å². The van der Waals surface area contributed by atoms with Gasteiger partial charge in [0, 0.05) is 6.54 Å². The molecule has 2 aromatic rings. The second kappa shape index (κ2) is 5.64. The summed E-state index contributed by atoms with van der Waals surface area (Å²) in [6, 6.07) is 5.22. The van der Waals surface area contributed by atoms with Crippen LogP contribution in [0.3, 0.4) is 0 Å². The van der Waals surface area contributed by atoms with E-state index in [1.807, 2.05) is 13.0 Å². The molecule has 3 N–H and O–H groups in total. The zero-order valence-electron chi connectivity index (χ0n) is 10.3. The molecule has 1 aromatic heterocycles. The number of nitrogens with zero attached hydrogens (tertiary/aromatic N) is 2. The van der Waals surface area contributed by atoms with E-state index < -0.39 is 10.0 Å². The summed E-state index contributed by atoms with van der Waals surface area (Å²) in [5, 5.41) is 7.53. The molecule has 0 unspecified atom stereocenters. The fraction of sp³-hybridized carbons (Fsp3) is 0.273. The molecule has 0 saturated carbocycles. The van der Waals surface area contributed by atoms with Crippen molar-refractivity contribution in [3.8, 4) is 0 Å². The van der Waals surface area contributed by atoms with Crippen molar-refractivity contribution >= 4 is 26.5 Å². The zero-order valence-corrected chi connectivity index (χ0v) is 12.0. The number of benzene rings is 1. The predicted octanol–water partition coefficient (Wildman–Crippen LogP) is 1.36. The number of aromatic nitrogens is 2. The maximum atomic E-state index is 12.3. The van der Waals surface area contributed by atoms with E-state index in [0.29, 0.717) is 13.0 Å². The minimum absolute atomic E-state index is 0.244. The summed E-state index contributed by atoms with van der Waals surface area (Å²) in [6.45, 7) is 2.20. The first-order valence-electron chi connectivity index (χ1n) is 5.67. The Kier molecular flexibility index (Phi) is 4.13. The van der Waals surface area contributed by atoms with Gasteiger partial charge in [0.25, 0.3) is 10.0 Å². The van der Waals surface area contributed by atoms with Gasteiger partial charge in [-0.3, -0.25) is 4.72 Å². The summed E-state index contributed by atoms with van der Waals surface area (Å²) in [4.78, 5) is 0.244. The first-order valence-corrected chi connectivity index (χ1v) is 8.04. The van der Waals surface area contributed by atoms with Gasteiger partial charge in [-0.15, -0.1) is 10.2 Å². The quantitative estimate of drug-likeness (QED) is 0.868. The molecule has 0 fully saturated rings. The molecule has 102 valence electrons. The molecule has 1 aromatic carbocycles. The van der Waals surface area contributed by atoms with E-state index in [4.69, 9.17) is 5.73 Å². The van der Waals surface area contributed by atoms with Gasteiger partial charge in [0.15, 0.2) is 0 Å². The fourth-order valence-electron chi connectivity index (χ4n) is 1.66. The van der Waals surface area contributed by atoms with Gasteiger partial charge < -0.3 is 5.73 Å². The Morgan fingerprint density at radius 1 is 1.42 bits per heavy atom. The number of nitrogens with two attached hydrogens (primary N) is 1. The Labute approximate surface area is 115 Å². The first kappa shape index (κ1) is 13.9. The Bertz CT molecular complexity index is 653. The lowest BCUT2D eigenvalue weighted by Crippen LogP contribution is -2.15. The highest BCUT2D eigenvalue weighted by Gasteiger charge is 2.19. The molecule has 2 rings (SSSR count). The minimum Gasteiger partial charge on any atom is -0.326 e. The van der Waals surface area contributed by atoms with Crippen molar-refractivity contribution in [3.05, 3.63) is 34.8 Å². The third-order valence-electron chi connectivity index (χ3n) is 2.62. The fourth-order valence-corrected chi connectivity index (χ4v) is 3.71. The van der Waals surface area contributed by atoms with Crippen LogP contribution >= 0.6 is 11.3 Å². The Morgan fingerprint density at radius 2 is 2.21 bits per heavy atom. The predicted molar refractivity (Wildman–Crippen MR) is 74.4 cm³/mol. The first-order chi connectivity index (χ1) is 9.06. The third-order valence-corrected chi connectivity index (χ3v) is 4.78. The van der Waals surface area contributed by atoms with Crippen LogP contribution in [0.1, 0.15) is 18.1 Å². The number of sulfonamides is 1. The number of hydrogen-bond donors (Lipinski definition) is 2. The van der Waals surface area contributed by atoms with Crippen molar-refractivity contribution in [1.29, 1.82) is 0 Å². The van der Waals surface area contributed by atoms with E-state index in [0.717, 1.165) is 22.5 Å². The number of nitrogens with one attached hydrogen (secondary N) is 1. The van der Waals surface area contributed by atoms with Crippen molar-refractivity contribution in [2.75, 3.05) is 4.72 Å². The number of hydrogen-bond acceptors (Lipinski definition) is 6. The lowest BCUT2D eigenvalue weighted by Gasteiger charge is -2.11. The van der Waals surface area contributed by atoms with Gasteiger partial charge in [0.1, 0.15) is 5.51 Å². The summed E-state index contributed by atoms with van der Waals surface area (Å²) >= 11 is 1.13. The van der Waals surface area contributed by atoms with Crippen molar-refractivity contribution in [3.63, 3.8) is 0 Å².